The molecule has 0 aromatic heterocycles. The summed E-state index contributed by atoms with van der Waals surface area (Å²) in [5.41, 5.74) is 0. The quantitative estimate of drug-likeness (QED) is 0.0769. The number of hydrogen-bond acceptors (Lipinski definition) is 20. The van der Waals surface area contributed by atoms with E-state index in [1.54, 1.807) is 5.32 Å². The third-order valence-corrected chi connectivity index (χ3v) is 9.44. The molecule has 4 heterocycles. The Morgan fingerprint density at radius 2 is 1.11 bits per heavy atom. The maximum atomic E-state index is 12.7. The fourth-order valence-electron chi connectivity index (χ4n) is 6.37. The smallest absolute Gasteiger partial charge is 0.394 e. The number of carbonyl (C=O) groups is 2. The molecule has 0 saturated carbocycles. The average molecular weight is 815 g/mol. The summed E-state index contributed by atoms with van der Waals surface area (Å²) < 4.78 is 84.3. The van der Waals surface area contributed by atoms with Gasteiger partial charge in [0.05, 0.1) is 32.0 Å². The normalized spacial score (nSPS) is 45.5. The highest BCUT2D eigenvalue weighted by Crippen LogP contribution is 2.35. The van der Waals surface area contributed by atoms with Crippen LogP contribution in [-0.4, -0.2) is 218 Å². The summed E-state index contributed by atoms with van der Waals surface area (Å²) in [6.07, 6.45) is -38.3. The Bertz CT molecular complexity index is 1260. The van der Waals surface area contributed by atoms with Crippen molar-refractivity contribution in [2.75, 3.05) is 26.4 Å². The van der Waals surface area contributed by atoms with Crippen molar-refractivity contribution in [3.8, 4) is 0 Å². The Kier molecular flexibility index (Phi) is 15.9. The summed E-state index contributed by atoms with van der Waals surface area (Å²) in [5.74, 6) is -3.11. The number of carbonyl (C=O) groups excluding carboxylic acids is 2. The van der Waals surface area contributed by atoms with Gasteiger partial charge >= 0.3 is 12.1 Å². The SMILES string of the molecule is CC(=O)N[C@H]1[C@H](OCCNC(=O)C(F)(F)F)O[C@H](CO)[C@@H](O[C@@H]2O[C@@H](C)[C@@H](O)[C@@H](O)[C@@H]2O)[C@@H]1O[C@@H]1O[C@H](CO)[C@H](O)[C@H](O)[C@H]1O[C@@H]1O[C@@H](C)[C@@H](O)[C@@H](O)[C@@H]1O. The molecule has 4 aliphatic rings. The Morgan fingerprint density at radius 1 is 0.618 bits per heavy atom. The highest BCUT2D eigenvalue weighted by atomic mass is 19.4. The number of aliphatic hydroxyl groups excluding tert-OH is 10. The standard InChI is InChI=1S/C30H49F3N2O20/c1-8-14(39)17(42)20(45)26(49-8)53-22-12(7-37)52-25(48-5-4-34-29(47)30(31,32)33)13(35-10(3)38)23(22)54-28-24(19(44)16(41)11(6-36)51-28)55-27-21(46)18(43)15(40)9(2)50-27/h8-9,11-28,36-37,39-46H,4-7H2,1-3H3,(H,34,47)(H,35,38)/t8-,9-,11+,12+,13+,14+,15+,16-,17+,18+,19-,20-,21-,22+,23+,24+,25+,26-,27-,28-/m0/s1. The molecule has 0 aliphatic carbocycles. The maximum Gasteiger partial charge on any atom is 0.471 e. The number of nitrogens with one attached hydrogen (secondary N) is 2. The summed E-state index contributed by atoms with van der Waals surface area (Å²) in [5, 5.41) is 109. The van der Waals surface area contributed by atoms with Crippen LogP contribution in [-0.2, 0) is 47.5 Å². The number of halogens is 3. The molecule has 4 saturated heterocycles. The van der Waals surface area contributed by atoms with Gasteiger partial charge in [-0.2, -0.15) is 13.2 Å². The van der Waals surface area contributed by atoms with E-state index in [0.717, 1.165) is 6.92 Å². The van der Waals surface area contributed by atoms with Gasteiger partial charge in [0, 0.05) is 13.5 Å². The first-order valence-corrected chi connectivity index (χ1v) is 17.2. The van der Waals surface area contributed by atoms with Crippen LogP contribution < -0.4 is 10.6 Å². The van der Waals surface area contributed by atoms with E-state index < -0.39 is 167 Å². The van der Waals surface area contributed by atoms with Crippen LogP contribution in [0.1, 0.15) is 20.8 Å². The van der Waals surface area contributed by atoms with Crippen LogP contribution in [0.25, 0.3) is 0 Å². The molecule has 12 N–H and O–H groups in total. The van der Waals surface area contributed by atoms with Gasteiger partial charge in [0.25, 0.3) is 0 Å². The van der Waals surface area contributed by atoms with Crippen LogP contribution in [0.3, 0.4) is 0 Å². The zero-order valence-corrected chi connectivity index (χ0v) is 29.6. The van der Waals surface area contributed by atoms with Gasteiger partial charge in [-0.3, -0.25) is 9.59 Å². The molecule has 320 valence electrons. The van der Waals surface area contributed by atoms with Crippen LogP contribution in [0, 0.1) is 0 Å². The van der Waals surface area contributed by atoms with Gasteiger partial charge in [-0.25, -0.2) is 0 Å². The second-order valence-electron chi connectivity index (χ2n) is 13.4. The van der Waals surface area contributed by atoms with E-state index in [4.69, 9.17) is 37.9 Å². The third-order valence-electron chi connectivity index (χ3n) is 9.44. The Morgan fingerprint density at radius 3 is 1.60 bits per heavy atom. The molecule has 0 radical (unpaired) electrons. The summed E-state index contributed by atoms with van der Waals surface area (Å²) >= 11 is 0. The van der Waals surface area contributed by atoms with Crippen molar-refractivity contribution >= 4 is 11.8 Å². The number of amides is 2. The van der Waals surface area contributed by atoms with E-state index in [1.807, 2.05) is 0 Å². The van der Waals surface area contributed by atoms with Crippen LogP contribution in [0.5, 0.6) is 0 Å². The zero-order chi connectivity index (χ0) is 41.1. The lowest BCUT2D eigenvalue weighted by Gasteiger charge is -2.51. The molecule has 0 bridgehead atoms. The number of rotatable bonds is 13. The first-order chi connectivity index (χ1) is 25.7. The molecule has 4 fully saturated rings. The monoisotopic (exact) mass is 814 g/mol. The second-order valence-corrected chi connectivity index (χ2v) is 13.4. The molecule has 0 aromatic carbocycles. The van der Waals surface area contributed by atoms with E-state index in [2.05, 4.69) is 5.32 Å². The molecule has 0 spiro atoms. The van der Waals surface area contributed by atoms with Crippen LogP contribution in [0.2, 0.25) is 0 Å². The minimum Gasteiger partial charge on any atom is -0.394 e. The predicted octanol–water partition coefficient (Wildman–Crippen LogP) is -6.85. The minimum absolute atomic E-state index is 0.697. The van der Waals surface area contributed by atoms with Crippen molar-refractivity contribution in [3.63, 3.8) is 0 Å². The maximum absolute atomic E-state index is 12.7. The van der Waals surface area contributed by atoms with E-state index in [1.165, 1.54) is 13.8 Å². The van der Waals surface area contributed by atoms with Gasteiger partial charge in [-0.05, 0) is 13.8 Å². The average Bonchev–Trinajstić information content (AvgIpc) is 3.12. The lowest BCUT2D eigenvalue weighted by atomic mass is 9.94. The molecule has 0 aromatic rings. The van der Waals surface area contributed by atoms with Crippen molar-refractivity contribution in [3.05, 3.63) is 0 Å². The van der Waals surface area contributed by atoms with E-state index in [9.17, 15) is 73.8 Å². The Hall–Kier alpha value is -1.99. The number of aliphatic hydroxyl groups is 10. The van der Waals surface area contributed by atoms with Crippen molar-refractivity contribution in [2.24, 2.45) is 0 Å². The van der Waals surface area contributed by atoms with Gasteiger partial charge in [0.2, 0.25) is 5.91 Å². The van der Waals surface area contributed by atoms with Crippen LogP contribution in [0.15, 0.2) is 0 Å². The van der Waals surface area contributed by atoms with Crippen molar-refractivity contribution < 1.29 is 112 Å². The highest BCUT2D eigenvalue weighted by molar-refractivity contribution is 5.81. The van der Waals surface area contributed by atoms with Crippen molar-refractivity contribution in [2.45, 2.75) is 150 Å². The third kappa shape index (κ3) is 10.6. The number of hydrogen-bond donors (Lipinski definition) is 12. The Labute approximate surface area is 310 Å². The summed E-state index contributed by atoms with van der Waals surface area (Å²) in [6.45, 7) is 0.311. The first kappa shape index (κ1) is 45.7. The first-order valence-electron chi connectivity index (χ1n) is 17.2. The number of ether oxygens (including phenoxy) is 8. The summed E-state index contributed by atoms with van der Waals surface area (Å²) in [4.78, 5) is 23.9. The molecule has 0 unspecified atom stereocenters. The van der Waals surface area contributed by atoms with Crippen LogP contribution in [0.4, 0.5) is 13.2 Å². The molecule has 4 aliphatic heterocycles. The highest BCUT2D eigenvalue weighted by Gasteiger charge is 2.56. The van der Waals surface area contributed by atoms with Crippen molar-refractivity contribution in [1.29, 1.82) is 0 Å². The second kappa shape index (κ2) is 19.2. The van der Waals surface area contributed by atoms with Gasteiger partial charge in [-0.1, -0.05) is 0 Å². The number of alkyl halides is 3. The van der Waals surface area contributed by atoms with Gasteiger partial charge in [0.15, 0.2) is 25.2 Å². The summed E-state index contributed by atoms with van der Waals surface area (Å²) in [7, 11) is 0. The largest absolute Gasteiger partial charge is 0.471 e. The van der Waals surface area contributed by atoms with E-state index >= 15 is 0 Å². The molecule has 22 nitrogen and oxygen atoms in total. The molecular weight excluding hydrogens is 765 g/mol. The zero-order valence-electron chi connectivity index (χ0n) is 29.6. The fraction of sp³-hybridized carbons (Fsp3) is 0.933. The molecule has 20 atom stereocenters. The lowest BCUT2D eigenvalue weighted by molar-refractivity contribution is -0.391. The Balaban J connectivity index is 1.72. The molecule has 25 heteroatoms. The van der Waals surface area contributed by atoms with E-state index in [0.29, 0.717) is 0 Å². The molecular formula is C30H49F3N2O20. The molecule has 4 rings (SSSR count). The van der Waals surface area contributed by atoms with Crippen molar-refractivity contribution in [1.82, 2.24) is 10.6 Å². The van der Waals surface area contributed by atoms with Gasteiger partial charge in [0.1, 0.15) is 85.4 Å². The van der Waals surface area contributed by atoms with Gasteiger partial charge < -0.3 is 99.6 Å². The summed E-state index contributed by atoms with van der Waals surface area (Å²) in [6, 6.07) is -1.65. The molecule has 55 heavy (non-hydrogen) atoms. The molecule has 2 amide bonds. The minimum atomic E-state index is -5.23. The predicted molar refractivity (Wildman–Crippen MR) is 165 cm³/mol. The topological polar surface area (TPSA) is 334 Å². The lowest BCUT2D eigenvalue weighted by Crippen LogP contribution is -2.70. The van der Waals surface area contributed by atoms with E-state index in [-0.39, 0.29) is 0 Å². The fourth-order valence-corrected chi connectivity index (χ4v) is 6.37. The van der Waals surface area contributed by atoms with Gasteiger partial charge in [-0.15, -0.1) is 0 Å². The van der Waals surface area contributed by atoms with Crippen LogP contribution >= 0.6 is 0 Å².